The van der Waals surface area contributed by atoms with Crippen molar-refractivity contribution >= 4 is 17.4 Å². The molecule has 0 aliphatic carbocycles. The number of amides is 1. The van der Waals surface area contributed by atoms with E-state index in [4.69, 9.17) is 5.11 Å². The number of benzene rings is 1. The number of hydrogen-bond acceptors (Lipinski definition) is 3. The second kappa shape index (κ2) is 3.64. The maximum absolute atomic E-state index is 13.4. The first-order chi connectivity index (χ1) is 7.57. The molecule has 2 rings (SSSR count). The summed E-state index contributed by atoms with van der Waals surface area (Å²) in [6.07, 6.45) is 0. The second-order valence-corrected chi connectivity index (χ2v) is 3.26. The van der Waals surface area contributed by atoms with Gasteiger partial charge in [-0.1, -0.05) is 0 Å². The zero-order chi connectivity index (χ0) is 11.9. The van der Waals surface area contributed by atoms with Crippen LogP contribution < -0.4 is 4.90 Å². The molecule has 0 spiro atoms. The Morgan fingerprint density at radius 2 is 1.81 bits per heavy atom. The molecule has 1 aromatic carbocycles. The average molecular weight is 227 g/mol. The lowest BCUT2D eigenvalue weighted by Gasteiger charge is -2.14. The molecule has 1 heterocycles. The van der Waals surface area contributed by atoms with Crippen molar-refractivity contribution in [1.29, 1.82) is 0 Å². The molecule has 0 fully saturated rings. The van der Waals surface area contributed by atoms with E-state index >= 15 is 0 Å². The molecule has 1 aliphatic heterocycles. The van der Waals surface area contributed by atoms with Crippen LogP contribution in [0.25, 0.3) is 0 Å². The van der Waals surface area contributed by atoms with Gasteiger partial charge in [0.2, 0.25) is 0 Å². The van der Waals surface area contributed by atoms with E-state index in [-0.39, 0.29) is 12.2 Å². The molecule has 0 radical (unpaired) electrons. The molecule has 1 amide bonds. The Labute approximate surface area is 89.1 Å². The van der Waals surface area contributed by atoms with Gasteiger partial charge in [0.05, 0.1) is 17.9 Å². The first-order valence-electron chi connectivity index (χ1n) is 4.53. The van der Waals surface area contributed by atoms with Crippen molar-refractivity contribution in [3.05, 3.63) is 29.3 Å². The molecule has 0 bridgehead atoms. The van der Waals surface area contributed by atoms with Crippen LogP contribution in [0.4, 0.5) is 14.5 Å². The number of aliphatic hydroxyl groups is 1. The van der Waals surface area contributed by atoms with E-state index in [2.05, 4.69) is 0 Å². The molecule has 6 heteroatoms. The van der Waals surface area contributed by atoms with Gasteiger partial charge in [0.1, 0.15) is 11.6 Å². The number of halogens is 2. The van der Waals surface area contributed by atoms with Gasteiger partial charge >= 0.3 is 0 Å². The number of aliphatic hydroxyl groups excluding tert-OH is 1. The molecule has 16 heavy (non-hydrogen) atoms. The van der Waals surface area contributed by atoms with Gasteiger partial charge in [-0.25, -0.2) is 8.78 Å². The van der Waals surface area contributed by atoms with Crippen LogP contribution >= 0.6 is 0 Å². The lowest BCUT2D eigenvalue weighted by atomic mass is 10.1. The molecule has 0 unspecified atom stereocenters. The van der Waals surface area contributed by atoms with Crippen molar-refractivity contribution in [1.82, 2.24) is 0 Å². The summed E-state index contributed by atoms with van der Waals surface area (Å²) >= 11 is 0. The predicted octanol–water partition coefficient (Wildman–Crippen LogP) is 0.486. The molecule has 0 atom stereocenters. The third kappa shape index (κ3) is 1.30. The highest BCUT2D eigenvalue weighted by molar-refractivity contribution is 6.52. The van der Waals surface area contributed by atoms with Crippen LogP contribution in [-0.4, -0.2) is 29.9 Å². The number of carbonyl (C=O) groups is 2. The normalized spacial score (nSPS) is 14.6. The third-order valence-electron chi connectivity index (χ3n) is 2.34. The molecule has 4 nitrogen and oxygen atoms in total. The fourth-order valence-electron chi connectivity index (χ4n) is 1.67. The van der Waals surface area contributed by atoms with Crippen LogP contribution in [0.1, 0.15) is 10.4 Å². The predicted molar refractivity (Wildman–Crippen MR) is 50.1 cm³/mol. The molecule has 0 saturated heterocycles. The topological polar surface area (TPSA) is 57.6 Å². The first kappa shape index (κ1) is 10.7. The number of nitrogens with zero attached hydrogens (tertiary/aromatic N) is 1. The van der Waals surface area contributed by atoms with Gasteiger partial charge in [-0.05, 0) is 12.1 Å². The van der Waals surface area contributed by atoms with Crippen molar-refractivity contribution < 1.29 is 23.5 Å². The van der Waals surface area contributed by atoms with Gasteiger partial charge in [0, 0.05) is 6.54 Å². The number of carbonyl (C=O) groups excluding carboxylic acids is 2. The van der Waals surface area contributed by atoms with E-state index < -0.39 is 35.5 Å². The summed E-state index contributed by atoms with van der Waals surface area (Å²) in [7, 11) is 0. The van der Waals surface area contributed by atoms with Gasteiger partial charge in [0.15, 0.2) is 0 Å². The second-order valence-electron chi connectivity index (χ2n) is 3.26. The lowest BCUT2D eigenvalue weighted by Crippen LogP contribution is -2.32. The van der Waals surface area contributed by atoms with Crippen molar-refractivity contribution in [2.45, 2.75) is 0 Å². The van der Waals surface area contributed by atoms with Crippen molar-refractivity contribution in [2.24, 2.45) is 0 Å². The number of anilines is 1. The van der Waals surface area contributed by atoms with Crippen LogP contribution in [0.2, 0.25) is 0 Å². The molecule has 84 valence electrons. The van der Waals surface area contributed by atoms with E-state index in [0.29, 0.717) is 0 Å². The van der Waals surface area contributed by atoms with Crippen LogP contribution in [0.5, 0.6) is 0 Å². The van der Waals surface area contributed by atoms with Crippen molar-refractivity contribution in [3.63, 3.8) is 0 Å². The van der Waals surface area contributed by atoms with Crippen LogP contribution in [0, 0.1) is 11.6 Å². The Hall–Kier alpha value is -1.82. The summed E-state index contributed by atoms with van der Waals surface area (Å²) in [6, 6.07) is 1.63. The zero-order valence-corrected chi connectivity index (χ0v) is 8.04. The van der Waals surface area contributed by atoms with Crippen LogP contribution in [0.3, 0.4) is 0 Å². The molecular weight excluding hydrogens is 220 g/mol. The number of β-amino-alcohol motifs (C(OH)–C–C–N with tert-alkyl or cyclic N) is 1. The highest BCUT2D eigenvalue weighted by Gasteiger charge is 2.40. The van der Waals surface area contributed by atoms with E-state index in [1.165, 1.54) is 0 Å². The van der Waals surface area contributed by atoms with E-state index in [9.17, 15) is 18.4 Å². The average Bonchev–Trinajstić information content (AvgIpc) is 2.50. The number of hydrogen-bond donors (Lipinski definition) is 1. The molecular formula is C10H7F2NO3. The molecule has 0 aromatic heterocycles. The summed E-state index contributed by atoms with van der Waals surface area (Å²) in [6.45, 7) is -0.674. The smallest absolute Gasteiger partial charge is 0.299 e. The van der Waals surface area contributed by atoms with Crippen molar-refractivity contribution in [2.75, 3.05) is 18.1 Å². The number of Topliss-reactive ketones (excluding diaryl/α,β-unsaturated/α-hetero) is 1. The minimum atomic E-state index is -1.08. The Kier molecular flexibility index (Phi) is 2.43. The summed E-state index contributed by atoms with van der Waals surface area (Å²) in [5.74, 6) is -3.90. The Morgan fingerprint density at radius 1 is 1.19 bits per heavy atom. The highest BCUT2D eigenvalue weighted by Crippen LogP contribution is 2.33. The highest BCUT2D eigenvalue weighted by atomic mass is 19.1. The fraction of sp³-hybridized carbons (Fsp3) is 0.200. The Balaban J connectivity index is 2.64. The molecule has 1 N–H and O–H groups in total. The minimum absolute atomic E-state index is 0.238. The van der Waals surface area contributed by atoms with E-state index in [1.807, 2.05) is 0 Å². The quantitative estimate of drug-likeness (QED) is 0.748. The van der Waals surface area contributed by atoms with Crippen LogP contribution in [-0.2, 0) is 4.79 Å². The van der Waals surface area contributed by atoms with Gasteiger partial charge in [-0.15, -0.1) is 0 Å². The number of ketones is 1. The summed E-state index contributed by atoms with van der Waals surface area (Å²) in [5.41, 5.74) is -0.942. The zero-order valence-electron chi connectivity index (χ0n) is 8.04. The SMILES string of the molecule is O=C1C(=O)N(CCO)c2c(F)ccc(F)c21. The van der Waals surface area contributed by atoms with E-state index in [1.54, 1.807) is 0 Å². The number of fused-ring (bicyclic) bond motifs is 1. The molecule has 1 aliphatic rings. The van der Waals surface area contributed by atoms with Gasteiger partial charge in [0.25, 0.3) is 11.7 Å². The summed E-state index contributed by atoms with van der Waals surface area (Å²) in [4.78, 5) is 23.5. The van der Waals surface area contributed by atoms with Gasteiger partial charge in [-0.3, -0.25) is 14.5 Å². The fourth-order valence-corrected chi connectivity index (χ4v) is 1.67. The Morgan fingerprint density at radius 3 is 2.44 bits per heavy atom. The monoisotopic (exact) mass is 227 g/mol. The van der Waals surface area contributed by atoms with Gasteiger partial charge < -0.3 is 5.11 Å². The standard InChI is InChI=1S/C10H7F2NO3/c11-5-1-2-6(12)8-7(5)9(15)10(16)13(8)3-4-14/h1-2,14H,3-4H2. The maximum Gasteiger partial charge on any atom is 0.299 e. The Bertz CT molecular complexity index is 487. The minimum Gasteiger partial charge on any atom is -0.395 e. The molecule has 0 saturated carbocycles. The third-order valence-corrected chi connectivity index (χ3v) is 2.34. The van der Waals surface area contributed by atoms with Gasteiger partial charge in [-0.2, -0.15) is 0 Å². The van der Waals surface area contributed by atoms with Crippen LogP contribution in [0.15, 0.2) is 12.1 Å². The summed E-state index contributed by atoms with van der Waals surface area (Å²) < 4.78 is 26.7. The lowest BCUT2D eigenvalue weighted by molar-refractivity contribution is -0.114. The number of rotatable bonds is 2. The first-order valence-corrected chi connectivity index (χ1v) is 4.53. The molecule has 1 aromatic rings. The summed E-state index contributed by atoms with van der Waals surface area (Å²) in [5, 5.41) is 8.70. The maximum atomic E-state index is 13.4. The largest absolute Gasteiger partial charge is 0.395 e. The van der Waals surface area contributed by atoms with E-state index in [0.717, 1.165) is 17.0 Å². The van der Waals surface area contributed by atoms with Crippen molar-refractivity contribution in [3.8, 4) is 0 Å².